The summed E-state index contributed by atoms with van der Waals surface area (Å²) in [6.07, 6.45) is 2.64. The Morgan fingerprint density at radius 2 is 1.76 bits per heavy atom. The van der Waals surface area contributed by atoms with Crippen molar-refractivity contribution in [1.82, 2.24) is 14.7 Å². The minimum Gasteiger partial charge on any atom is -0.301 e. The second-order valence-electron chi connectivity index (χ2n) is 7.48. The van der Waals surface area contributed by atoms with E-state index in [1.807, 2.05) is 12.1 Å². The van der Waals surface area contributed by atoms with E-state index in [1.165, 1.54) is 21.7 Å². The fourth-order valence-electron chi connectivity index (χ4n) is 2.75. The van der Waals surface area contributed by atoms with Crippen molar-refractivity contribution in [3.63, 3.8) is 0 Å². The number of rotatable bonds is 4. The third kappa shape index (κ3) is 3.97. The molecule has 0 amide bonds. The minimum absolute atomic E-state index is 0.122. The summed E-state index contributed by atoms with van der Waals surface area (Å²) in [6.45, 7) is 7.72. The van der Waals surface area contributed by atoms with Crippen LogP contribution < -0.4 is 5.56 Å². The predicted molar refractivity (Wildman–Crippen MR) is 103 cm³/mol. The summed E-state index contributed by atoms with van der Waals surface area (Å²) in [5.74, 6) is 0. The van der Waals surface area contributed by atoms with Gasteiger partial charge in [-0.05, 0) is 68.8 Å². The molecule has 3 aromatic rings. The molecule has 0 aliphatic heterocycles. The summed E-state index contributed by atoms with van der Waals surface area (Å²) in [6, 6.07) is 15.7. The van der Waals surface area contributed by atoms with E-state index in [-0.39, 0.29) is 11.1 Å². The van der Waals surface area contributed by atoms with Crippen molar-refractivity contribution < 1.29 is 0 Å². The molecule has 0 radical (unpaired) electrons. The number of benzene rings is 2. The zero-order valence-corrected chi connectivity index (χ0v) is 15.4. The minimum atomic E-state index is -0.122. The SMILES string of the molecule is CN(CCc1ccc2cc(-n3ncccc3=O)ccc2c1)C(C)(C)C. The van der Waals surface area contributed by atoms with Crippen molar-refractivity contribution in [2.24, 2.45) is 0 Å². The lowest BCUT2D eigenvalue weighted by Crippen LogP contribution is -2.39. The summed E-state index contributed by atoms with van der Waals surface area (Å²) < 4.78 is 1.42. The van der Waals surface area contributed by atoms with Gasteiger partial charge >= 0.3 is 0 Å². The first-order valence-corrected chi connectivity index (χ1v) is 8.63. The normalized spacial score (nSPS) is 12.0. The van der Waals surface area contributed by atoms with Crippen molar-refractivity contribution in [3.8, 4) is 5.69 Å². The topological polar surface area (TPSA) is 38.1 Å². The van der Waals surface area contributed by atoms with E-state index in [1.54, 1.807) is 12.3 Å². The Labute approximate surface area is 148 Å². The van der Waals surface area contributed by atoms with Crippen LogP contribution in [0.1, 0.15) is 26.3 Å². The highest BCUT2D eigenvalue weighted by Crippen LogP contribution is 2.20. The van der Waals surface area contributed by atoms with E-state index in [0.29, 0.717) is 0 Å². The van der Waals surface area contributed by atoms with Gasteiger partial charge in [0.05, 0.1) is 5.69 Å². The fraction of sp³-hybridized carbons (Fsp3) is 0.333. The van der Waals surface area contributed by atoms with Crippen LogP contribution in [0.4, 0.5) is 0 Å². The Balaban J connectivity index is 1.84. The molecule has 1 aromatic heterocycles. The van der Waals surface area contributed by atoms with Crippen LogP contribution in [-0.2, 0) is 6.42 Å². The lowest BCUT2D eigenvalue weighted by molar-refractivity contribution is 0.178. The van der Waals surface area contributed by atoms with Gasteiger partial charge in [-0.2, -0.15) is 9.78 Å². The van der Waals surface area contributed by atoms with Crippen molar-refractivity contribution in [1.29, 1.82) is 0 Å². The second-order valence-corrected chi connectivity index (χ2v) is 7.48. The van der Waals surface area contributed by atoms with Crippen LogP contribution in [0.3, 0.4) is 0 Å². The molecule has 0 N–H and O–H groups in total. The largest absolute Gasteiger partial charge is 0.301 e. The fourth-order valence-corrected chi connectivity index (χ4v) is 2.75. The maximum Gasteiger partial charge on any atom is 0.271 e. The predicted octanol–water partition coefficient (Wildman–Crippen LogP) is 3.66. The molecule has 2 aromatic carbocycles. The molecule has 0 bridgehead atoms. The molecule has 0 saturated heterocycles. The zero-order chi connectivity index (χ0) is 18.0. The molecule has 0 aliphatic carbocycles. The van der Waals surface area contributed by atoms with Crippen LogP contribution in [0, 0.1) is 0 Å². The second kappa shape index (κ2) is 6.81. The van der Waals surface area contributed by atoms with Crippen LogP contribution in [0.15, 0.2) is 59.5 Å². The number of likely N-dealkylation sites (N-methyl/N-ethyl adjacent to an activating group) is 1. The lowest BCUT2D eigenvalue weighted by Gasteiger charge is -2.31. The molecule has 0 unspecified atom stereocenters. The van der Waals surface area contributed by atoms with Crippen molar-refractivity contribution in [3.05, 3.63) is 70.6 Å². The number of hydrogen-bond donors (Lipinski definition) is 0. The summed E-state index contributed by atoms with van der Waals surface area (Å²) in [5.41, 5.74) is 2.18. The van der Waals surface area contributed by atoms with Gasteiger partial charge in [-0.25, -0.2) is 0 Å². The van der Waals surface area contributed by atoms with Crippen molar-refractivity contribution in [2.45, 2.75) is 32.7 Å². The third-order valence-corrected chi connectivity index (χ3v) is 4.73. The maximum absolute atomic E-state index is 11.9. The van der Waals surface area contributed by atoms with E-state index in [0.717, 1.165) is 24.0 Å². The monoisotopic (exact) mass is 335 g/mol. The summed E-state index contributed by atoms with van der Waals surface area (Å²) >= 11 is 0. The molecule has 130 valence electrons. The smallest absolute Gasteiger partial charge is 0.271 e. The first kappa shape index (κ1) is 17.4. The van der Waals surface area contributed by atoms with Gasteiger partial charge in [0.2, 0.25) is 0 Å². The van der Waals surface area contributed by atoms with Crippen molar-refractivity contribution >= 4 is 10.8 Å². The Kier molecular flexibility index (Phi) is 4.73. The number of nitrogens with zero attached hydrogens (tertiary/aromatic N) is 3. The Morgan fingerprint density at radius 1 is 1.04 bits per heavy atom. The molecular formula is C21H25N3O. The van der Waals surface area contributed by atoms with Gasteiger partial charge in [-0.15, -0.1) is 0 Å². The molecule has 3 rings (SSSR count). The molecule has 25 heavy (non-hydrogen) atoms. The number of fused-ring (bicyclic) bond motifs is 1. The van der Waals surface area contributed by atoms with Gasteiger partial charge in [0.1, 0.15) is 0 Å². The summed E-state index contributed by atoms with van der Waals surface area (Å²) in [7, 11) is 2.16. The first-order chi connectivity index (χ1) is 11.8. The molecule has 0 spiro atoms. The standard InChI is InChI=1S/C21H25N3O/c1-21(2,3)23(4)13-11-16-7-8-18-15-19(10-9-17(18)14-16)24-20(25)6-5-12-22-24/h5-10,12,14-15H,11,13H2,1-4H3. The van der Waals surface area contributed by atoms with E-state index in [4.69, 9.17) is 0 Å². The quantitative estimate of drug-likeness (QED) is 0.730. The van der Waals surface area contributed by atoms with E-state index in [2.05, 4.69) is 62.1 Å². The van der Waals surface area contributed by atoms with Crippen LogP contribution >= 0.6 is 0 Å². The molecule has 4 nitrogen and oxygen atoms in total. The van der Waals surface area contributed by atoms with Crippen molar-refractivity contribution in [2.75, 3.05) is 13.6 Å². The Bertz CT molecular complexity index is 938. The molecular weight excluding hydrogens is 310 g/mol. The highest BCUT2D eigenvalue weighted by molar-refractivity contribution is 5.85. The van der Waals surface area contributed by atoms with Crippen LogP contribution in [0.25, 0.3) is 16.5 Å². The van der Waals surface area contributed by atoms with Crippen LogP contribution in [0.5, 0.6) is 0 Å². The maximum atomic E-state index is 11.9. The van der Waals surface area contributed by atoms with E-state index >= 15 is 0 Å². The lowest BCUT2D eigenvalue weighted by atomic mass is 10.0. The van der Waals surface area contributed by atoms with Gasteiger partial charge in [0, 0.05) is 24.3 Å². The average molecular weight is 335 g/mol. The Hall–Kier alpha value is -2.46. The van der Waals surface area contributed by atoms with Crippen LogP contribution in [-0.4, -0.2) is 33.8 Å². The molecule has 0 fully saturated rings. The highest BCUT2D eigenvalue weighted by atomic mass is 16.1. The van der Waals surface area contributed by atoms with E-state index in [9.17, 15) is 4.79 Å². The van der Waals surface area contributed by atoms with E-state index < -0.39 is 0 Å². The number of hydrogen-bond acceptors (Lipinski definition) is 3. The summed E-state index contributed by atoms with van der Waals surface area (Å²) in [5, 5.41) is 6.44. The van der Waals surface area contributed by atoms with Gasteiger partial charge < -0.3 is 4.90 Å². The summed E-state index contributed by atoms with van der Waals surface area (Å²) in [4.78, 5) is 14.3. The van der Waals surface area contributed by atoms with Gasteiger partial charge in [0.25, 0.3) is 5.56 Å². The third-order valence-electron chi connectivity index (χ3n) is 4.73. The van der Waals surface area contributed by atoms with Crippen LogP contribution in [0.2, 0.25) is 0 Å². The zero-order valence-electron chi connectivity index (χ0n) is 15.4. The molecule has 4 heteroatoms. The molecule has 0 atom stereocenters. The van der Waals surface area contributed by atoms with Gasteiger partial charge in [-0.1, -0.05) is 24.3 Å². The Morgan fingerprint density at radius 3 is 2.48 bits per heavy atom. The van der Waals surface area contributed by atoms with Gasteiger partial charge in [0.15, 0.2) is 0 Å². The highest BCUT2D eigenvalue weighted by Gasteiger charge is 2.16. The molecule has 0 aliphatic rings. The molecule has 1 heterocycles. The number of aromatic nitrogens is 2. The first-order valence-electron chi connectivity index (χ1n) is 8.63. The van der Waals surface area contributed by atoms with Gasteiger partial charge in [-0.3, -0.25) is 4.79 Å². The average Bonchev–Trinajstić information content (AvgIpc) is 2.58. The molecule has 0 saturated carbocycles.